The first-order chi connectivity index (χ1) is 18.7. The molecule has 206 valence electrons. The third-order valence-electron chi connectivity index (χ3n) is 11.7. The maximum absolute atomic E-state index is 9.36. The van der Waals surface area contributed by atoms with Crippen LogP contribution in [0.15, 0.2) is 34.3 Å². The highest BCUT2D eigenvalue weighted by Gasteiger charge is 2.40. The smallest absolute Gasteiger partial charge is 0.0659 e. The molecule has 8 unspecified atom stereocenters. The number of nitriles is 1. The molecule has 0 spiro atoms. The summed E-state index contributed by atoms with van der Waals surface area (Å²) in [6.45, 7) is 0. The minimum atomic E-state index is 0.293. The van der Waals surface area contributed by atoms with E-state index in [4.69, 9.17) is 0 Å². The molecule has 2 aliphatic heterocycles. The van der Waals surface area contributed by atoms with Crippen LogP contribution in [0.1, 0.15) is 109 Å². The van der Waals surface area contributed by atoms with Crippen LogP contribution in [-0.4, -0.2) is 27.8 Å². The molecule has 1 saturated heterocycles. The molecule has 0 amide bonds. The van der Waals surface area contributed by atoms with Crippen LogP contribution in [0.5, 0.6) is 0 Å². The highest BCUT2D eigenvalue weighted by atomic mass is 32.2. The fourth-order valence-corrected chi connectivity index (χ4v) is 12.9. The number of thioether (sulfide) groups is 2. The van der Waals surface area contributed by atoms with Crippen LogP contribution < -0.4 is 5.32 Å². The number of nitrogens with zero attached hydrogens (tertiary/aromatic N) is 1. The molecule has 1 N–H and O–H groups in total. The highest BCUT2D eigenvalue weighted by molar-refractivity contribution is 8.04. The van der Waals surface area contributed by atoms with Gasteiger partial charge in [0.05, 0.1) is 12.0 Å². The molecule has 0 aromatic rings. The molecule has 38 heavy (non-hydrogen) atoms. The van der Waals surface area contributed by atoms with Crippen LogP contribution >= 0.6 is 23.5 Å². The van der Waals surface area contributed by atoms with Crippen molar-refractivity contribution in [1.29, 1.82) is 5.26 Å². The summed E-state index contributed by atoms with van der Waals surface area (Å²) >= 11 is 4.50. The quantitative estimate of drug-likeness (QED) is 0.348. The first-order valence-corrected chi connectivity index (χ1v) is 18.1. The zero-order valence-electron chi connectivity index (χ0n) is 23.3. The number of fused-ring (bicyclic) bond motifs is 1. The van der Waals surface area contributed by atoms with Gasteiger partial charge < -0.3 is 5.32 Å². The summed E-state index contributed by atoms with van der Waals surface area (Å²) in [5.74, 6) is 4.08. The van der Waals surface area contributed by atoms with Crippen LogP contribution in [0, 0.1) is 40.9 Å². The van der Waals surface area contributed by atoms with E-state index >= 15 is 0 Å². The number of hydrogen-bond donors (Lipinski definition) is 1. The lowest BCUT2D eigenvalue weighted by Crippen LogP contribution is -2.40. The van der Waals surface area contributed by atoms with E-state index in [0.29, 0.717) is 5.92 Å². The number of hydrogen-bond acceptors (Lipinski definition) is 4. The van der Waals surface area contributed by atoms with Crippen molar-refractivity contribution < 1.29 is 0 Å². The molecule has 7 rings (SSSR count). The second kappa shape index (κ2) is 11.7. The van der Waals surface area contributed by atoms with Crippen LogP contribution in [0.2, 0.25) is 0 Å². The second-order valence-electron chi connectivity index (χ2n) is 13.9. The van der Waals surface area contributed by atoms with Gasteiger partial charge in [-0.05, 0) is 138 Å². The summed E-state index contributed by atoms with van der Waals surface area (Å²) in [4.78, 5) is 1.68. The molecule has 4 heteroatoms. The van der Waals surface area contributed by atoms with Gasteiger partial charge in [0, 0.05) is 27.8 Å². The van der Waals surface area contributed by atoms with E-state index in [2.05, 4.69) is 53.1 Å². The molecule has 8 atom stereocenters. The van der Waals surface area contributed by atoms with Gasteiger partial charge in [-0.2, -0.15) is 5.26 Å². The first-order valence-electron chi connectivity index (χ1n) is 16.3. The first kappa shape index (κ1) is 26.3. The van der Waals surface area contributed by atoms with E-state index in [0.717, 1.165) is 64.3 Å². The summed E-state index contributed by atoms with van der Waals surface area (Å²) < 4.78 is 0. The van der Waals surface area contributed by atoms with Crippen molar-refractivity contribution in [2.45, 2.75) is 137 Å². The van der Waals surface area contributed by atoms with Gasteiger partial charge in [0.15, 0.2) is 0 Å². The largest absolute Gasteiger partial charge is 0.311 e. The lowest BCUT2D eigenvalue weighted by molar-refractivity contribution is 0.197. The summed E-state index contributed by atoms with van der Waals surface area (Å²) in [6, 6.07) is 4.07. The predicted octanol–water partition coefficient (Wildman–Crippen LogP) is 8.95. The molecule has 2 heterocycles. The molecule has 0 aromatic carbocycles. The molecule has 0 bridgehead atoms. The highest BCUT2D eigenvalue weighted by Crippen LogP contribution is 2.52. The number of allylic oxidation sites excluding steroid dienone is 4. The number of nitrogens with one attached hydrogen (secondary N) is 1. The van der Waals surface area contributed by atoms with E-state index < -0.39 is 0 Å². The maximum atomic E-state index is 9.36. The average molecular weight is 549 g/mol. The van der Waals surface area contributed by atoms with Crippen molar-refractivity contribution in [3.63, 3.8) is 0 Å². The molecule has 0 aromatic heterocycles. The van der Waals surface area contributed by atoms with E-state index in [-0.39, 0.29) is 0 Å². The van der Waals surface area contributed by atoms with Crippen molar-refractivity contribution in [2.75, 3.05) is 0 Å². The van der Waals surface area contributed by atoms with Crippen molar-refractivity contribution in [1.82, 2.24) is 5.32 Å². The molecule has 2 nitrogen and oxygen atoms in total. The lowest BCUT2D eigenvalue weighted by atomic mass is 9.72. The SMILES string of the molecule is N#CC1CCC2=C(C1)CC(C1CCC(NC3CCC(C4CC=C(C5CC6CCC=CC6S5)CC4)CC3)C1)S2. The summed E-state index contributed by atoms with van der Waals surface area (Å²) in [5.41, 5.74) is 3.48. The van der Waals surface area contributed by atoms with Gasteiger partial charge in [0.1, 0.15) is 0 Å². The van der Waals surface area contributed by atoms with Crippen molar-refractivity contribution >= 4 is 23.5 Å². The summed E-state index contributed by atoms with van der Waals surface area (Å²) in [7, 11) is 0. The Bertz CT molecular complexity index is 998. The zero-order valence-corrected chi connectivity index (χ0v) is 24.9. The Morgan fingerprint density at radius 1 is 0.816 bits per heavy atom. The minimum absolute atomic E-state index is 0.293. The molecule has 3 fully saturated rings. The van der Waals surface area contributed by atoms with Gasteiger partial charge >= 0.3 is 0 Å². The Hall–Kier alpha value is -0.630. The van der Waals surface area contributed by atoms with Crippen LogP contribution in [0.25, 0.3) is 0 Å². The Kier molecular flexibility index (Phi) is 8.09. The minimum Gasteiger partial charge on any atom is -0.311 e. The summed E-state index contributed by atoms with van der Waals surface area (Å²) in [5, 5.41) is 16.0. The molecule has 0 radical (unpaired) electrons. The van der Waals surface area contributed by atoms with Gasteiger partial charge in [0.2, 0.25) is 0 Å². The zero-order chi connectivity index (χ0) is 25.5. The van der Waals surface area contributed by atoms with Gasteiger partial charge in [-0.25, -0.2) is 0 Å². The van der Waals surface area contributed by atoms with E-state index in [1.165, 1.54) is 96.3 Å². The van der Waals surface area contributed by atoms with Gasteiger partial charge in [0.25, 0.3) is 0 Å². The fourth-order valence-electron chi connectivity index (χ4n) is 9.40. The lowest BCUT2D eigenvalue weighted by Gasteiger charge is -2.37. The molecular weight excluding hydrogens is 501 g/mol. The van der Waals surface area contributed by atoms with Gasteiger partial charge in [-0.3, -0.25) is 0 Å². The predicted molar refractivity (Wildman–Crippen MR) is 163 cm³/mol. The van der Waals surface area contributed by atoms with Gasteiger partial charge in [-0.1, -0.05) is 29.4 Å². The van der Waals surface area contributed by atoms with Crippen molar-refractivity contribution in [3.8, 4) is 6.07 Å². The third kappa shape index (κ3) is 5.60. The standard InChI is InChI=1S/C34H48N2S2/c35-21-22-5-16-32-28(17-22)20-34(38-32)27-12-15-30(18-27)36-29-13-10-24(11-14-29)23-6-8-25(9-7-23)33-19-26-3-1-2-4-31(26)37-33/h2,4,8,22-24,26-27,29-31,33-34,36H,1,3,5-7,9-20H2. The maximum Gasteiger partial charge on any atom is 0.0659 e. The average Bonchev–Trinajstić information content (AvgIpc) is 3.71. The Morgan fingerprint density at radius 2 is 1.68 bits per heavy atom. The monoisotopic (exact) mass is 548 g/mol. The normalized spacial score (nSPS) is 45.0. The van der Waals surface area contributed by atoms with Crippen LogP contribution in [0.4, 0.5) is 0 Å². The third-order valence-corrected chi connectivity index (χ3v) is 15.0. The molecule has 5 aliphatic carbocycles. The van der Waals surface area contributed by atoms with Crippen molar-refractivity contribution in [3.05, 3.63) is 34.3 Å². The van der Waals surface area contributed by atoms with Crippen LogP contribution in [-0.2, 0) is 0 Å². The van der Waals surface area contributed by atoms with E-state index in [9.17, 15) is 5.26 Å². The van der Waals surface area contributed by atoms with Crippen molar-refractivity contribution in [2.24, 2.45) is 29.6 Å². The molecular formula is C34H48N2S2. The number of rotatable bonds is 5. The van der Waals surface area contributed by atoms with Crippen LogP contribution in [0.3, 0.4) is 0 Å². The Labute approximate surface area is 240 Å². The Morgan fingerprint density at radius 3 is 2.50 bits per heavy atom. The molecule has 7 aliphatic rings. The second-order valence-corrected chi connectivity index (χ2v) is 16.6. The van der Waals surface area contributed by atoms with E-state index in [1.807, 2.05) is 5.57 Å². The fraction of sp³-hybridized carbons (Fsp3) is 0.794. The van der Waals surface area contributed by atoms with Gasteiger partial charge in [-0.15, -0.1) is 23.5 Å². The summed E-state index contributed by atoms with van der Waals surface area (Å²) in [6.07, 6.45) is 30.7. The topological polar surface area (TPSA) is 35.8 Å². The Balaban J connectivity index is 0.831. The van der Waals surface area contributed by atoms with E-state index in [1.54, 1.807) is 10.5 Å². The molecule has 2 saturated carbocycles.